The summed E-state index contributed by atoms with van der Waals surface area (Å²) in [5.41, 5.74) is 9.80. The molecule has 4 N–H and O–H groups in total. The number of carbonyl (C=O) groups is 1. The zero-order chi connectivity index (χ0) is 22.8. The van der Waals surface area contributed by atoms with Crippen LogP contribution in [-0.4, -0.2) is 17.1 Å². The maximum absolute atomic E-state index is 10.8. The third-order valence-corrected chi connectivity index (χ3v) is 5.20. The quantitative estimate of drug-likeness (QED) is 0.327. The number of nitrogen functional groups attached to an aromatic ring is 1. The highest BCUT2D eigenvalue weighted by atomic mass is 16.5. The van der Waals surface area contributed by atoms with Crippen LogP contribution in [0.2, 0.25) is 0 Å². The van der Waals surface area contributed by atoms with Gasteiger partial charge in [-0.3, -0.25) is 0 Å². The van der Waals surface area contributed by atoms with Gasteiger partial charge in [0.1, 0.15) is 12.4 Å². The van der Waals surface area contributed by atoms with E-state index < -0.39 is 5.97 Å². The monoisotopic (exact) mass is 430 g/mol. The van der Waals surface area contributed by atoms with Gasteiger partial charge in [0, 0.05) is 6.04 Å². The van der Waals surface area contributed by atoms with Gasteiger partial charge in [0.2, 0.25) is 0 Å². The summed E-state index contributed by atoms with van der Waals surface area (Å²) in [6, 6.07) is 23.5. The molecule has 0 spiro atoms. The number of rotatable bonds is 6. The highest BCUT2D eigenvalue weighted by Crippen LogP contribution is 2.24. The van der Waals surface area contributed by atoms with Crippen LogP contribution in [0.3, 0.4) is 0 Å². The van der Waals surface area contributed by atoms with Crippen molar-refractivity contribution in [3.8, 4) is 5.75 Å². The van der Waals surface area contributed by atoms with Gasteiger partial charge < -0.3 is 20.9 Å². The molecule has 4 rings (SSSR count). The molecule has 0 fully saturated rings. The first-order chi connectivity index (χ1) is 15.5. The molecule has 0 radical (unpaired) electrons. The Labute approximate surface area is 189 Å². The number of carboxylic acid groups (broad SMARTS) is 1. The van der Waals surface area contributed by atoms with Crippen LogP contribution in [0.15, 0.2) is 84.9 Å². The van der Waals surface area contributed by atoms with Gasteiger partial charge in [0.05, 0.1) is 16.9 Å². The Balaban J connectivity index is 0.000000182. The average Bonchev–Trinajstić information content (AvgIpc) is 2.82. The average molecular weight is 431 g/mol. The zero-order valence-electron chi connectivity index (χ0n) is 18.3. The number of nitrogens with two attached hydrogens (primary N) is 1. The van der Waals surface area contributed by atoms with E-state index in [0.717, 1.165) is 30.7 Å². The van der Waals surface area contributed by atoms with Crippen molar-refractivity contribution < 1.29 is 14.6 Å². The van der Waals surface area contributed by atoms with Crippen molar-refractivity contribution in [1.82, 2.24) is 0 Å². The molecular weight excluding hydrogens is 400 g/mol. The summed E-state index contributed by atoms with van der Waals surface area (Å²) >= 11 is 0. The van der Waals surface area contributed by atoms with E-state index in [9.17, 15) is 4.79 Å². The molecule has 1 aliphatic carbocycles. The molecule has 0 aromatic heterocycles. The zero-order valence-corrected chi connectivity index (χ0v) is 18.3. The smallest absolute Gasteiger partial charge is 0.335 e. The number of hydrogen-bond acceptors (Lipinski definition) is 4. The van der Waals surface area contributed by atoms with Crippen LogP contribution >= 0.6 is 0 Å². The highest BCUT2D eigenvalue weighted by Gasteiger charge is 2.12. The second-order valence-corrected chi connectivity index (χ2v) is 7.82. The summed E-state index contributed by atoms with van der Waals surface area (Å²) < 4.78 is 5.65. The predicted molar refractivity (Wildman–Crippen MR) is 130 cm³/mol. The molecule has 1 atom stereocenters. The summed E-state index contributed by atoms with van der Waals surface area (Å²) in [5, 5.41) is 12.2. The van der Waals surface area contributed by atoms with Gasteiger partial charge in [-0.15, -0.1) is 0 Å². The molecule has 0 bridgehead atoms. The summed E-state index contributed by atoms with van der Waals surface area (Å²) in [5.74, 6) is -0.0340. The molecule has 0 saturated heterocycles. The molecule has 5 heteroatoms. The number of carboxylic acids is 1. The van der Waals surface area contributed by atoms with Crippen LogP contribution in [0.4, 0.5) is 11.4 Å². The normalized spacial score (nSPS) is 14.7. The number of ether oxygens (including phenoxy) is 1. The maximum Gasteiger partial charge on any atom is 0.335 e. The van der Waals surface area contributed by atoms with E-state index in [4.69, 9.17) is 15.6 Å². The van der Waals surface area contributed by atoms with Crippen molar-refractivity contribution in [2.75, 3.05) is 11.1 Å². The van der Waals surface area contributed by atoms with E-state index in [1.54, 1.807) is 12.1 Å². The van der Waals surface area contributed by atoms with Gasteiger partial charge in [0.15, 0.2) is 0 Å². The van der Waals surface area contributed by atoms with Gasteiger partial charge in [0.25, 0.3) is 0 Å². The largest absolute Gasteiger partial charge is 0.489 e. The number of allylic oxidation sites excluding steroid dienone is 1. The van der Waals surface area contributed by atoms with Crippen LogP contribution < -0.4 is 15.8 Å². The molecule has 0 saturated carbocycles. The summed E-state index contributed by atoms with van der Waals surface area (Å²) in [6.45, 7) is 2.70. The van der Waals surface area contributed by atoms with Crippen LogP contribution in [-0.2, 0) is 6.61 Å². The summed E-state index contributed by atoms with van der Waals surface area (Å²) in [6.07, 6.45) is 7.47. The molecular formula is C27H30N2O3. The Bertz CT molecular complexity index is 1030. The number of aromatic carboxylic acids is 1. The van der Waals surface area contributed by atoms with Crippen LogP contribution in [0, 0.1) is 6.92 Å². The van der Waals surface area contributed by atoms with E-state index in [1.165, 1.54) is 17.2 Å². The lowest BCUT2D eigenvalue weighted by Gasteiger charge is -2.21. The van der Waals surface area contributed by atoms with Crippen molar-refractivity contribution in [2.45, 2.75) is 38.8 Å². The lowest BCUT2D eigenvalue weighted by Crippen LogP contribution is -2.21. The molecule has 32 heavy (non-hydrogen) atoms. The standard InChI is InChI=1S/C14H14O.C13H16N2O2/c1-12-7-9-14(10-8-12)15-11-13-5-3-2-4-6-13;14-11-8-9(13(16)17)6-7-12(11)15-10-4-2-1-3-5-10/h2-10H,11H2,1H3;1-2,6-8,10,15H,3-5,14H2,(H,16,17). The minimum Gasteiger partial charge on any atom is -0.489 e. The minimum absolute atomic E-state index is 0.219. The van der Waals surface area contributed by atoms with E-state index in [2.05, 4.69) is 48.7 Å². The van der Waals surface area contributed by atoms with Gasteiger partial charge in [-0.05, 0) is 62.1 Å². The van der Waals surface area contributed by atoms with Crippen molar-refractivity contribution in [2.24, 2.45) is 0 Å². The Kier molecular flexibility index (Phi) is 8.32. The summed E-state index contributed by atoms with van der Waals surface area (Å²) in [4.78, 5) is 10.8. The molecule has 166 valence electrons. The van der Waals surface area contributed by atoms with E-state index in [0.29, 0.717) is 18.3 Å². The number of benzene rings is 3. The van der Waals surface area contributed by atoms with Gasteiger partial charge >= 0.3 is 5.97 Å². The van der Waals surface area contributed by atoms with Gasteiger partial charge in [-0.1, -0.05) is 60.2 Å². The third kappa shape index (κ3) is 7.20. The molecule has 1 aliphatic rings. The molecule has 3 aromatic carbocycles. The SMILES string of the molecule is Cc1ccc(OCc2ccccc2)cc1.Nc1cc(C(=O)O)ccc1NC1CC=CCC1. The molecule has 5 nitrogen and oxygen atoms in total. The molecule has 1 unspecified atom stereocenters. The first-order valence-corrected chi connectivity index (χ1v) is 10.8. The second kappa shape index (κ2) is 11.6. The predicted octanol–water partition coefficient (Wildman–Crippen LogP) is 6.06. The molecule has 0 heterocycles. The highest BCUT2D eigenvalue weighted by molar-refractivity contribution is 5.90. The Morgan fingerprint density at radius 1 is 1.06 bits per heavy atom. The second-order valence-electron chi connectivity index (χ2n) is 7.82. The lowest BCUT2D eigenvalue weighted by molar-refractivity contribution is 0.0697. The first-order valence-electron chi connectivity index (χ1n) is 10.8. The van der Waals surface area contributed by atoms with Crippen LogP contribution in [0.5, 0.6) is 5.75 Å². The number of aryl methyl sites for hydroxylation is 1. The van der Waals surface area contributed by atoms with Crippen molar-refractivity contribution in [1.29, 1.82) is 0 Å². The van der Waals surface area contributed by atoms with Gasteiger partial charge in [-0.25, -0.2) is 4.79 Å². The fourth-order valence-corrected chi connectivity index (χ4v) is 3.35. The third-order valence-electron chi connectivity index (χ3n) is 5.20. The lowest BCUT2D eigenvalue weighted by atomic mass is 10.0. The fourth-order valence-electron chi connectivity index (χ4n) is 3.35. The van der Waals surface area contributed by atoms with E-state index in [1.807, 2.05) is 30.3 Å². The molecule has 3 aromatic rings. The maximum atomic E-state index is 10.8. The van der Waals surface area contributed by atoms with Crippen LogP contribution in [0.1, 0.15) is 40.7 Å². The van der Waals surface area contributed by atoms with E-state index in [-0.39, 0.29) is 5.56 Å². The van der Waals surface area contributed by atoms with Crippen molar-refractivity contribution in [3.05, 3.63) is 102 Å². The van der Waals surface area contributed by atoms with E-state index >= 15 is 0 Å². The first kappa shape index (κ1) is 22.9. The Morgan fingerprint density at radius 3 is 2.44 bits per heavy atom. The minimum atomic E-state index is -0.955. The number of nitrogens with one attached hydrogen (secondary N) is 1. The number of hydrogen-bond donors (Lipinski definition) is 3. The van der Waals surface area contributed by atoms with Crippen molar-refractivity contribution >= 4 is 17.3 Å². The molecule has 0 amide bonds. The Hall–Kier alpha value is -3.73. The summed E-state index contributed by atoms with van der Waals surface area (Å²) in [7, 11) is 0. The fraction of sp³-hybridized carbons (Fsp3) is 0.222. The Morgan fingerprint density at radius 2 is 1.81 bits per heavy atom. The van der Waals surface area contributed by atoms with Crippen LogP contribution in [0.25, 0.3) is 0 Å². The van der Waals surface area contributed by atoms with Gasteiger partial charge in [-0.2, -0.15) is 0 Å². The molecule has 0 aliphatic heterocycles. The number of anilines is 2. The van der Waals surface area contributed by atoms with Crippen molar-refractivity contribution in [3.63, 3.8) is 0 Å². The topological polar surface area (TPSA) is 84.6 Å².